The number of rotatable bonds is 12. The van der Waals surface area contributed by atoms with Crippen LogP contribution in [0.3, 0.4) is 0 Å². The molecule has 0 aliphatic heterocycles. The zero-order valence-electron chi connectivity index (χ0n) is 20.1. The fraction of sp³-hybridized carbons (Fsp3) is 0.321. The van der Waals surface area contributed by atoms with Gasteiger partial charge in [-0.15, -0.1) is 0 Å². The third-order valence-corrected chi connectivity index (χ3v) is 5.65. The van der Waals surface area contributed by atoms with Crippen molar-refractivity contribution in [3.63, 3.8) is 0 Å². The van der Waals surface area contributed by atoms with E-state index in [1.807, 2.05) is 19.1 Å². The van der Waals surface area contributed by atoms with E-state index in [0.717, 1.165) is 18.1 Å². The molecule has 7 heteroatoms. The Balaban J connectivity index is 1.72. The van der Waals surface area contributed by atoms with E-state index in [1.165, 1.54) is 17.7 Å². The molecule has 0 fully saturated rings. The number of benzene rings is 3. The summed E-state index contributed by atoms with van der Waals surface area (Å²) in [6.07, 6.45) is -0.0198. The van der Waals surface area contributed by atoms with Crippen molar-refractivity contribution in [2.45, 2.75) is 45.4 Å². The van der Waals surface area contributed by atoms with Crippen molar-refractivity contribution < 1.29 is 23.4 Å². The minimum absolute atomic E-state index is 0.0553. The van der Waals surface area contributed by atoms with Gasteiger partial charge in [0.15, 0.2) is 0 Å². The summed E-state index contributed by atoms with van der Waals surface area (Å²) in [5, 5.41) is 17.0. The number of nitrogens with one attached hydrogen (secondary N) is 2. The molecule has 3 N–H and O–H groups in total. The number of aliphatic hydroxyl groups is 1. The van der Waals surface area contributed by atoms with Gasteiger partial charge in [0, 0.05) is 24.7 Å². The smallest absolute Gasteiger partial charge is 0.251 e. The van der Waals surface area contributed by atoms with E-state index < -0.39 is 29.7 Å². The summed E-state index contributed by atoms with van der Waals surface area (Å²) in [6.45, 7) is 5.12. The summed E-state index contributed by atoms with van der Waals surface area (Å²) < 4.78 is 33.0. The molecule has 0 heterocycles. The monoisotopic (exact) mass is 482 g/mol. The van der Waals surface area contributed by atoms with Crippen molar-refractivity contribution in [1.29, 1.82) is 0 Å². The standard InChI is InChI=1S/C28H32F2N2O3/c1-3-19-7-5-8-20(11-19)17-31-18-27(33)26(14-21-12-23(29)16-24(30)13-21)32-28(34)22-9-6-10-25(15-22)35-4-2/h5-13,15-16,26-27,31,33H,3-4,14,17-18H2,1-2H3,(H,32,34)/t26-,27+/m0/s1. The second-order valence-electron chi connectivity index (χ2n) is 8.39. The van der Waals surface area contributed by atoms with E-state index >= 15 is 0 Å². The maximum absolute atomic E-state index is 13.8. The van der Waals surface area contributed by atoms with Gasteiger partial charge in [0.25, 0.3) is 5.91 Å². The Morgan fingerprint density at radius 2 is 1.66 bits per heavy atom. The van der Waals surface area contributed by atoms with Crippen molar-refractivity contribution in [3.05, 3.63) is 101 Å². The second kappa shape index (κ2) is 13.0. The molecule has 0 spiro atoms. The molecule has 0 radical (unpaired) electrons. The molecular weight excluding hydrogens is 450 g/mol. The van der Waals surface area contributed by atoms with Crippen molar-refractivity contribution in [1.82, 2.24) is 10.6 Å². The predicted molar refractivity (Wildman–Crippen MR) is 132 cm³/mol. The first kappa shape index (κ1) is 26.3. The maximum Gasteiger partial charge on any atom is 0.251 e. The first-order chi connectivity index (χ1) is 16.9. The van der Waals surface area contributed by atoms with Crippen LogP contribution in [0.25, 0.3) is 0 Å². The number of aliphatic hydroxyl groups excluding tert-OH is 1. The molecule has 0 aromatic heterocycles. The summed E-state index contributed by atoms with van der Waals surface area (Å²) in [4.78, 5) is 13.0. The fourth-order valence-corrected chi connectivity index (χ4v) is 3.88. The normalized spacial score (nSPS) is 12.7. The van der Waals surface area contributed by atoms with Crippen LogP contribution in [0, 0.1) is 11.6 Å². The third-order valence-electron chi connectivity index (χ3n) is 5.65. The summed E-state index contributed by atoms with van der Waals surface area (Å²) in [5.41, 5.74) is 3.00. The van der Waals surface area contributed by atoms with Crippen molar-refractivity contribution in [2.24, 2.45) is 0 Å². The van der Waals surface area contributed by atoms with Gasteiger partial charge in [-0.1, -0.05) is 37.3 Å². The Bertz CT molecular complexity index is 1100. The van der Waals surface area contributed by atoms with Gasteiger partial charge in [-0.2, -0.15) is 0 Å². The quantitative estimate of drug-likeness (QED) is 0.358. The molecule has 3 aromatic carbocycles. The molecule has 0 saturated heterocycles. The number of hydrogen-bond donors (Lipinski definition) is 3. The van der Waals surface area contributed by atoms with Crippen LogP contribution >= 0.6 is 0 Å². The highest BCUT2D eigenvalue weighted by Crippen LogP contribution is 2.16. The Morgan fingerprint density at radius 1 is 0.943 bits per heavy atom. The van der Waals surface area contributed by atoms with Crippen LogP contribution in [0.1, 0.15) is 40.9 Å². The average Bonchev–Trinajstić information content (AvgIpc) is 2.83. The number of halogens is 2. The second-order valence-corrected chi connectivity index (χ2v) is 8.39. The topological polar surface area (TPSA) is 70.6 Å². The molecule has 3 aromatic rings. The third kappa shape index (κ3) is 8.16. The zero-order valence-corrected chi connectivity index (χ0v) is 20.1. The highest BCUT2D eigenvalue weighted by Gasteiger charge is 2.23. The van der Waals surface area contributed by atoms with E-state index in [1.54, 1.807) is 24.3 Å². The van der Waals surface area contributed by atoms with Gasteiger partial charge in [0.2, 0.25) is 0 Å². The first-order valence-corrected chi connectivity index (χ1v) is 11.8. The molecule has 0 aliphatic rings. The average molecular weight is 483 g/mol. The molecule has 1 amide bonds. The van der Waals surface area contributed by atoms with Gasteiger partial charge in [0.1, 0.15) is 17.4 Å². The number of ether oxygens (including phenoxy) is 1. The van der Waals surface area contributed by atoms with Gasteiger partial charge in [0.05, 0.1) is 18.8 Å². The van der Waals surface area contributed by atoms with Gasteiger partial charge < -0.3 is 20.5 Å². The predicted octanol–water partition coefficient (Wildman–Crippen LogP) is 4.42. The van der Waals surface area contributed by atoms with Gasteiger partial charge in [-0.05, 0) is 66.8 Å². The summed E-state index contributed by atoms with van der Waals surface area (Å²) >= 11 is 0. The van der Waals surface area contributed by atoms with E-state index in [-0.39, 0.29) is 13.0 Å². The highest BCUT2D eigenvalue weighted by atomic mass is 19.1. The summed E-state index contributed by atoms with van der Waals surface area (Å²) in [5.74, 6) is -1.28. The van der Waals surface area contributed by atoms with Crippen LogP contribution in [-0.4, -0.2) is 36.3 Å². The maximum atomic E-state index is 13.8. The van der Waals surface area contributed by atoms with Crippen LogP contribution < -0.4 is 15.4 Å². The molecular formula is C28H32F2N2O3. The Labute approximate surface area is 205 Å². The lowest BCUT2D eigenvalue weighted by molar-refractivity contribution is 0.0829. The van der Waals surface area contributed by atoms with Crippen LogP contribution in [0.2, 0.25) is 0 Å². The molecule has 0 bridgehead atoms. The number of carbonyl (C=O) groups excluding carboxylic acids is 1. The SMILES string of the molecule is CCOc1cccc(C(=O)N[C@@H](Cc2cc(F)cc(F)c2)[C@H](O)CNCc2cccc(CC)c2)c1. The van der Waals surface area contributed by atoms with Crippen molar-refractivity contribution >= 4 is 5.91 Å². The minimum atomic E-state index is -1.00. The van der Waals surface area contributed by atoms with Crippen LogP contribution in [0.15, 0.2) is 66.7 Å². The molecule has 0 aliphatic carbocycles. The van der Waals surface area contributed by atoms with Crippen molar-refractivity contribution in [2.75, 3.05) is 13.2 Å². The first-order valence-electron chi connectivity index (χ1n) is 11.8. The largest absolute Gasteiger partial charge is 0.494 e. The van der Waals surface area contributed by atoms with E-state index in [0.29, 0.717) is 30.0 Å². The van der Waals surface area contributed by atoms with Crippen LogP contribution in [0.4, 0.5) is 8.78 Å². The lowest BCUT2D eigenvalue weighted by Crippen LogP contribution is -2.48. The Morgan fingerprint density at radius 3 is 2.37 bits per heavy atom. The minimum Gasteiger partial charge on any atom is -0.494 e. The Kier molecular flexibility index (Phi) is 9.76. The summed E-state index contributed by atoms with van der Waals surface area (Å²) in [7, 11) is 0. The summed E-state index contributed by atoms with van der Waals surface area (Å²) in [6, 6.07) is 17.3. The van der Waals surface area contributed by atoms with Gasteiger partial charge in [-0.3, -0.25) is 4.79 Å². The zero-order chi connectivity index (χ0) is 25.2. The van der Waals surface area contributed by atoms with Crippen molar-refractivity contribution in [3.8, 4) is 5.75 Å². The highest BCUT2D eigenvalue weighted by molar-refractivity contribution is 5.94. The Hall–Kier alpha value is -3.29. The van der Waals surface area contributed by atoms with Gasteiger partial charge in [-0.25, -0.2) is 8.78 Å². The van der Waals surface area contributed by atoms with Gasteiger partial charge >= 0.3 is 0 Å². The molecule has 3 rings (SSSR count). The lowest BCUT2D eigenvalue weighted by atomic mass is 10.00. The van der Waals surface area contributed by atoms with Crippen LogP contribution in [0.5, 0.6) is 5.75 Å². The van der Waals surface area contributed by atoms with E-state index in [9.17, 15) is 18.7 Å². The number of carbonyl (C=O) groups is 1. The lowest BCUT2D eigenvalue weighted by Gasteiger charge is -2.25. The van der Waals surface area contributed by atoms with Crippen LogP contribution in [-0.2, 0) is 19.4 Å². The van der Waals surface area contributed by atoms with E-state index in [4.69, 9.17) is 4.74 Å². The van der Waals surface area contributed by atoms with E-state index in [2.05, 4.69) is 29.7 Å². The molecule has 0 unspecified atom stereocenters. The molecule has 2 atom stereocenters. The molecule has 35 heavy (non-hydrogen) atoms. The number of hydrogen-bond acceptors (Lipinski definition) is 4. The number of aryl methyl sites for hydroxylation is 1. The molecule has 5 nitrogen and oxygen atoms in total. The molecule has 0 saturated carbocycles. The fourth-order valence-electron chi connectivity index (χ4n) is 3.88. The molecule has 186 valence electrons. The number of amides is 1.